The fraction of sp³-hybridized carbons (Fsp3) is 0.267. The first-order chi connectivity index (χ1) is 21.1. The summed E-state index contributed by atoms with van der Waals surface area (Å²) < 4.78 is 95.1. The Balaban J connectivity index is 1.41. The Kier molecular flexibility index (Phi) is 9.23. The minimum absolute atomic E-state index is 0.146. The van der Waals surface area contributed by atoms with Gasteiger partial charge in [-0.3, -0.25) is 4.79 Å². The quantitative estimate of drug-likeness (QED) is 0.180. The number of nitrogens with zero attached hydrogens (tertiary/aromatic N) is 2. The minimum Gasteiger partial charge on any atom is -0.364 e. The van der Waals surface area contributed by atoms with Crippen molar-refractivity contribution in [1.29, 1.82) is 0 Å². The molecule has 1 aliphatic rings. The lowest BCUT2D eigenvalue weighted by atomic mass is 10.1. The van der Waals surface area contributed by atoms with E-state index < -0.39 is 52.6 Å². The number of anilines is 1. The molecule has 1 fully saturated rings. The summed E-state index contributed by atoms with van der Waals surface area (Å²) in [5, 5.41) is 5.80. The summed E-state index contributed by atoms with van der Waals surface area (Å²) in [7, 11) is -4.44. The van der Waals surface area contributed by atoms with Crippen LogP contribution in [0.3, 0.4) is 0 Å². The molecular weight excluding hydrogens is 659 g/mol. The van der Waals surface area contributed by atoms with Crippen LogP contribution in [0.5, 0.6) is 0 Å². The molecule has 2 unspecified atom stereocenters. The van der Waals surface area contributed by atoms with Gasteiger partial charge in [0, 0.05) is 24.6 Å². The van der Waals surface area contributed by atoms with Crippen molar-refractivity contribution in [3.8, 4) is 11.3 Å². The highest BCUT2D eigenvalue weighted by Gasteiger charge is 2.53. The Morgan fingerprint density at radius 2 is 1.78 bits per heavy atom. The Bertz CT molecular complexity index is 1790. The number of pyridine rings is 1. The van der Waals surface area contributed by atoms with E-state index in [1.807, 2.05) is 37.3 Å². The van der Waals surface area contributed by atoms with E-state index in [1.54, 1.807) is 12.1 Å². The number of hydrogen-bond donors (Lipinski definition) is 2. The number of carbonyl (C=O) groups excluding carboxylic acids is 1. The van der Waals surface area contributed by atoms with E-state index in [0.717, 1.165) is 17.7 Å². The summed E-state index contributed by atoms with van der Waals surface area (Å²) in [6, 6.07) is 17.6. The molecule has 2 aromatic carbocycles. The highest BCUT2D eigenvalue weighted by molar-refractivity contribution is 7.91. The lowest BCUT2D eigenvalue weighted by molar-refractivity contribution is -0.137. The van der Waals surface area contributed by atoms with Crippen LogP contribution in [0.4, 0.5) is 27.8 Å². The van der Waals surface area contributed by atoms with E-state index in [0.29, 0.717) is 38.3 Å². The molecule has 2 N–H and O–H groups in total. The van der Waals surface area contributed by atoms with Gasteiger partial charge in [0.1, 0.15) is 16.1 Å². The van der Waals surface area contributed by atoms with Crippen LogP contribution in [0.25, 0.3) is 11.3 Å². The van der Waals surface area contributed by atoms with Crippen molar-refractivity contribution in [1.82, 2.24) is 14.6 Å². The Morgan fingerprint density at radius 3 is 2.40 bits per heavy atom. The lowest BCUT2D eigenvalue weighted by Crippen LogP contribution is -2.45. The number of aromatic nitrogens is 1. The number of amides is 1. The van der Waals surface area contributed by atoms with Crippen LogP contribution in [-0.4, -0.2) is 42.1 Å². The third kappa shape index (κ3) is 7.63. The fourth-order valence-electron chi connectivity index (χ4n) is 4.91. The van der Waals surface area contributed by atoms with Crippen LogP contribution in [0.2, 0.25) is 4.34 Å². The van der Waals surface area contributed by atoms with Crippen molar-refractivity contribution in [2.45, 2.75) is 48.3 Å². The monoisotopic (exact) mass is 684 g/mol. The van der Waals surface area contributed by atoms with Gasteiger partial charge in [-0.15, -0.1) is 11.3 Å². The van der Waals surface area contributed by atoms with E-state index in [-0.39, 0.29) is 21.1 Å². The zero-order chi connectivity index (χ0) is 32.6. The number of hydrogen-bond acceptors (Lipinski definition) is 6. The number of sulfonamides is 1. The fourth-order valence-corrected chi connectivity index (χ4v) is 8.14. The van der Waals surface area contributed by atoms with Gasteiger partial charge in [-0.05, 0) is 54.4 Å². The van der Waals surface area contributed by atoms with Gasteiger partial charge in [-0.1, -0.05) is 54.1 Å². The molecular formula is C30H26ClF5N4O3S2. The molecule has 45 heavy (non-hydrogen) atoms. The van der Waals surface area contributed by atoms with Crippen LogP contribution in [0.15, 0.2) is 83.1 Å². The largest absolute Gasteiger partial charge is 0.416 e. The Morgan fingerprint density at radius 1 is 1.09 bits per heavy atom. The second kappa shape index (κ2) is 12.7. The van der Waals surface area contributed by atoms with Gasteiger partial charge in [0.05, 0.1) is 22.1 Å². The van der Waals surface area contributed by atoms with E-state index >= 15 is 0 Å². The molecule has 238 valence electrons. The molecule has 0 aliphatic carbocycles. The van der Waals surface area contributed by atoms with Gasteiger partial charge in [0.2, 0.25) is 5.91 Å². The molecule has 0 radical (unpaired) electrons. The SMILES string of the molecule is CC(Nc1cc(CNC(=O)C2CC(F)(F)CN2S(=O)(=O)c2ccc(Cl)s2)cc(-c2ccc(C(F)(F)F)cc2)n1)c1ccccc1. The van der Waals surface area contributed by atoms with E-state index in [2.05, 4.69) is 15.6 Å². The third-order valence-corrected chi connectivity index (χ3v) is 10.7. The van der Waals surface area contributed by atoms with Gasteiger partial charge < -0.3 is 10.6 Å². The van der Waals surface area contributed by atoms with Gasteiger partial charge in [-0.2, -0.15) is 17.5 Å². The van der Waals surface area contributed by atoms with Crippen LogP contribution < -0.4 is 10.6 Å². The molecule has 0 spiro atoms. The first-order valence-corrected chi connectivity index (χ1v) is 16.2. The van der Waals surface area contributed by atoms with Gasteiger partial charge in [0.25, 0.3) is 15.9 Å². The molecule has 15 heteroatoms. The maximum atomic E-state index is 14.5. The number of alkyl halides is 5. The molecule has 0 bridgehead atoms. The Labute approximate surface area is 265 Å². The summed E-state index contributed by atoms with van der Waals surface area (Å²) >= 11 is 6.55. The van der Waals surface area contributed by atoms with Crippen molar-refractivity contribution in [2.24, 2.45) is 0 Å². The number of rotatable bonds is 9. The van der Waals surface area contributed by atoms with Crippen molar-refractivity contribution in [2.75, 3.05) is 11.9 Å². The second-order valence-electron chi connectivity index (χ2n) is 10.5. The van der Waals surface area contributed by atoms with Crippen LogP contribution >= 0.6 is 22.9 Å². The minimum atomic E-state index is -4.52. The zero-order valence-corrected chi connectivity index (χ0v) is 25.9. The first-order valence-electron chi connectivity index (χ1n) is 13.6. The summed E-state index contributed by atoms with van der Waals surface area (Å²) in [5.74, 6) is -4.02. The standard InChI is InChI=1S/C30H26ClF5N4O3S2/c1-18(20-5-3-2-4-6-20)38-26-14-19(13-23(39-26)21-7-9-22(10-8-21)30(34,35)36)16-37-28(41)24-15-29(32,33)17-40(24)45(42,43)27-12-11-25(31)44-27/h2-14,18,24H,15-17H2,1H3,(H,37,41)(H,38,39). The number of thiophene rings is 1. The summed E-state index contributed by atoms with van der Waals surface area (Å²) in [6.45, 7) is 0.519. The number of benzene rings is 2. The lowest BCUT2D eigenvalue weighted by Gasteiger charge is -2.22. The average Bonchev–Trinajstić information content (AvgIpc) is 3.59. The molecule has 1 saturated heterocycles. The number of carbonyl (C=O) groups is 1. The highest BCUT2D eigenvalue weighted by Crippen LogP contribution is 2.38. The van der Waals surface area contributed by atoms with Crippen molar-refractivity contribution in [3.05, 3.63) is 99.9 Å². The van der Waals surface area contributed by atoms with E-state index in [1.165, 1.54) is 24.3 Å². The van der Waals surface area contributed by atoms with Crippen LogP contribution in [0, 0.1) is 0 Å². The molecule has 1 amide bonds. The molecule has 5 rings (SSSR count). The molecule has 7 nitrogen and oxygen atoms in total. The first kappa shape index (κ1) is 32.8. The second-order valence-corrected chi connectivity index (χ2v) is 14.3. The topological polar surface area (TPSA) is 91.4 Å². The molecule has 1 aliphatic heterocycles. The van der Waals surface area contributed by atoms with Crippen molar-refractivity contribution < 1.29 is 35.2 Å². The number of nitrogens with one attached hydrogen (secondary N) is 2. The highest BCUT2D eigenvalue weighted by atomic mass is 35.5. The molecule has 2 aromatic heterocycles. The maximum absolute atomic E-state index is 14.5. The van der Waals surface area contributed by atoms with Crippen LogP contribution in [0.1, 0.15) is 36.1 Å². The zero-order valence-electron chi connectivity index (χ0n) is 23.5. The summed E-state index contributed by atoms with van der Waals surface area (Å²) in [5.41, 5.74) is 1.21. The molecule has 3 heterocycles. The van der Waals surface area contributed by atoms with E-state index in [9.17, 15) is 35.2 Å². The molecule has 2 atom stereocenters. The Hall–Kier alpha value is -3.59. The van der Waals surface area contributed by atoms with Gasteiger partial charge in [0.15, 0.2) is 0 Å². The summed E-state index contributed by atoms with van der Waals surface area (Å²) in [6.07, 6.45) is -5.53. The maximum Gasteiger partial charge on any atom is 0.416 e. The number of halogens is 6. The molecule has 0 saturated carbocycles. The van der Waals surface area contributed by atoms with Crippen LogP contribution in [-0.2, 0) is 27.5 Å². The predicted molar refractivity (Wildman–Crippen MR) is 162 cm³/mol. The van der Waals surface area contributed by atoms with Crippen molar-refractivity contribution >= 4 is 44.7 Å². The van der Waals surface area contributed by atoms with Crippen molar-refractivity contribution in [3.63, 3.8) is 0 Å². The normalized spacial score (nSPS) is 17.6. The van der Waals surface area contributed by atoms with Gasteiger partial charge in [-0.25, -0.2) is 22.2 Å². The third-order valence-electron chi connectivity index (χ3n) is 7.16. The van der Waals surface area contributed by atoms with E-state index in [4.69, 9.17) is 11.6 Å². The predicted octanol–water partition coefficient (Wildman–Crippen LogP) is 7.37. The smallest absolute Gasteiger partial charge is 0.364 e. The average molecular weight is 685 g/mol. The summed E-state index contributed by atoms with van der Waals surface area (Å²) in [4.78, 5) is 17.8. The van der Waals surface area contributed by atoms with Gasteiger partial charge >= 0.3 is 6.18 Å². The molecule has 4 aromatic rings.